The number of piperazine rings is 1. The highest BCUT2D eigenvalue weighted by atomic mass is 32.2. The largest absolute Gasteiger partial charge is 0.465 e. The lowest BCUT2D eigenvalue weighted by molar-refractivity contribution is -0.116. The van der Waals surface area contributed by atoms with Crippen LogP contribution in [0.2, 0.25) is 0 Å². The molecule has 12 heteroatoms. The minimum atomic E-state index is -3.71. The SMILES string of the molecule is COC(=O)c1csc(S(=O)(=O)N2CCN(CCC(=O)Nc3ccc(F)c(F)c3)CC2)c1. The van der Waals surface area contributed by atoms with Gasteiger partial charge in [-0.25, -0.2) is 22.0 Å². The van der Waals surface area contributed by atoms with Crippen molar-refractivity contribution in [2.75, 3.05) is 45.2 Å². The van der Waals surface area contributed by atoms with Crippen LogP contribution < -0.4 is 5.32 Å². The Morgan fingerprint density at radius 1 is 1.13 bits per heavy atom. The summed E-state index contributed by atoms with van der Waals surface area (Å²) in [5.41, 5.74) is 0.360. The van der Waals surface area contributed by atoms with E-state index in [1.807, 2.05) is 4.90 Å². The highest BCUT2D eigenvalue weighted by Crippen LogP contribution is 2.25. The number of carbonyl (C=O) groups excluding carboxylic acids is 2. The second-order valence-corrected chi connectivity index (χ2v) is 9.89. The number of ether oxygens (including phenoxy) is 1. The van der Waals surface area contributed by atoms with Crippen LogP contribution in [0.15, 0.2) is 33.9 Å². The number of hydrogen-bond acceptors (Lipinski definition) is 7. The molecular formula is C19H21F2N3O5S2. The van der Waals surface area contributed by atoms with E-state index in [4.69, 9.17) is 0 Å². The molecule has 1 fully saturated rings. The number of thiophene rings is 1. The van der Waals surface area contributed by atoms with Crippen LogP contribution >= 0.6 is 11.3 Å². The normalized spacial score (nSPS) is 15.6. The number of benzene rings is 1. The predicted octanol–water partition coefficient (Wildman–Crippen LogP) is 2.15. The van der Waals surface area contributed by atoms with Crippen LogP contribution in [0, 0.1) is 11.6 Å². The highest BCUT2D eigenvalue weighted by Gasteiger charge is 2.30. The molecule has 2 aromatic rings. The lowest BCUT2D eigenvalue weighted by Gasteiger charge is -2.33. The number of methoxy groups -OCH3 is 1. The summed E-state index contributed by atoms with van der Waals surface area (Å²) < 4.78 is 57.7. The highest BCUT2D eigenvalue weighted by molar-refractivity contribution is 7.91. The van der Waals surface area contributed by atoms with E-state index in [-0.39, 0.29) is 40.9 Å². The third-order valence-electron chi connectivity index (χ3n) is 4.78. The molecule has 8 nitrogen and oxygen atoms in total. The quantitative estimate of drug-likeness (QED) is 0.619. The predicted molar refractivity (Wildman–Crippen MR) is 110 cm³/mol. The first-order valence-corrected chi connectivity index (χ1v) is 11.7. The van der Waals surface area contributed by atoms with Gasteiger partial charge in [0.2, 0.25) is 5.91 Å². The summed E-state index contributed by atoms with van der Waals surface area (Å²) in [6.45, 7) is 1.77. The van der Waals surface area contributed by atoms with Gasteiger partial charge in [-0.3, -0.25) is 4.79 Å². The van der Waals surface area contributed by atoms with Gasteiger partial charge in [-0.05, 0) is 18.2 Å². The lowest BCUT2D eigenvalue weighted by atomic mass is 10.2. The first-order valence-electron chi connectivity index (χ1n) is 9.35. The van der Waals surface area contributed by atoms with Gasteiger partial charge in [0.25, 0.3) is 10.0 Å². The molecule has 0 aliphatic carbocycles. The van der Waals surface area contributed by atoms with E-state index in [9.17, 15) is 26.8 Å². The molecule has 1 N–H and O–H groups in total. The van der Waals surface area contributed by atoms with Crippen LogP contribution in [0.3, 0.4) is 0 Å². The third kappa shape index (κ3) is 5.64. The van der Waals surface area contributed by atoms with Gasteiger partial charge < -0.3 is 15.0 Å². The number of anilines is 1. The molecular weight excluding hydrogens is 452 g/mol. The zero-order chi connectivity index (χ0) is 22.6. The molecule has 168 valence electrons. The molecule has 1 amide bonds. The van der Waals surface area contributed by atoms with Gasteiger partial charge in [-0.15, -0.1) is 11.3 Å². The topological polar surface area (TPSA) is 96.0 Å². The van der Waals surface area contributed by atoms with Crippen LogP contribution in [-0.4, -0.2) is 69.3 Å². The van der Waals surface area contributed by atoms with Crippen molar-refractivity contribution in [3.05, 3.63) is 46.8 Å². The van der Waals surface area contributed by atoms with Crippen LogP contribution in [-0.2, 0) is 19.6 Å². The fourth-order valence-corrected chi connectivity index (χ4v) is 5.78. The van der Waals surface area contributed by atoms with E-state index < -0.39 is 27.6 Å². The summed E-state index contributed by atoms with van der Waals surface area (Å²) in [6, 6.07) is 4.43. The van der Waals surface area contributed by atoms with E-state index in [2.05, 4.69) is 10.1 Å². The van der Waals surface area contributed by atoms with Crippen molar-refractivity contribution in [1.29, 1.82) is 0 Å². The van der Waals surface area contributed by atoms with Gasteiger partial charge in [0.1, 0.15) is 4.21 Å². The van der Waals surface area contributed by atoms with Crippen molar-refractivity contribution in [3.63, 3.8) is 0 Å². The van der Waals surface area contributed by atoms with Crippen molar-refractivity contribution < 1.29 is 31.5 Å². The van der Waals surface area contributed by atoms with Crippen molar-refractivity contribution >= 4 is 38.9 Å². The first kappa shape index (κ1) is 23.3. The smallest absolute Gasteiger partial charge is 0.338 e. The van der Waals surface area contributed by atoms with Gasteiger partial charge in [0, 0.05) is 56.3 Å². The molecule has 2 heterocycles. The Bertz CT molecular complexity index is 1070. The van der Waals surface area contributed by atoms with Gasteiger partial charge in [-0.2, -0.15) is 4.31 Å². The Morgan fingerprint density at radius 2 is 1.84 bits per heavy atom. The molecule has 1 saturated heterocycles. The van der Waals surface area contributed by atoms with E-state index in [1.165, 1.54) is 28.9 Å². The molecule has 0 atom stereocenters. The van der Waals surface area contributed by atoms with Gasteiger partial charge >= 0.3 is 5.97 Å². The number of esters is 1. The number of hydrogen-bond donors (Lipinski definition) is 1. The van der Waals surface area contributed by atoms with Crippen molar-refractivity contribution in [3.8, 4) is 0 Å². The van der Waals surface area contributed by atoms with E-state index in [0.29, 0.717) is 19.6 Å². The van der Waals surface area contributed by atoms with E-state index >= 15 is 0 Å². The number of carbonyl (C=O) groups is 2. The zero-order valence-corrected chi connectivity index (χ0v) is 18.3. The third-order valence-corrected chi connectivity index (χ3v) is 8.09. The number of halogens is 2. The summed E-state index contributed by atoms with van der Waals surface area (Å²) in [6.07, 6.45) is 0.124. The Hall–Kier alpha value is -2.41. The minimum absolute atomic E-state index is 0.0762. The Kier molecular flexibility index (Phi) is 7.36. The van der Waals surface area contributed by atoms with Crippen molar-refractivity contribution in [2.24, 2.45) is 0 Å². The fourth-order valence-electron chi connectivity index (χ4n) is 3.05. The molecule has 0 saturated carbocycles. The average molecular weight is 474 g/mol. The molecule has 1 aromatic carbocycles. The fraction of sp³-hybridized carbons (Fsp3) is 0.368. The first-order chi connectivity index (χ1) is 14.7. The molecule has 1 aromatic heterocycles. The summed E-state index contributed by atoms with van der Waals surface area (Å²) in [7, 11) is -2.49. The summed E-state index contributed by atoms with van der Waals surface area (Å²) in [5.74, 6) is -2.98. The maximum Gasteiger partial charge on any atom is 0.338 e. The molecule has 0 spiro atoms. The van der Waals surface area contributed by atoms with Crippen LogP contribution in [0.1, 0.15) is 16.8 Å². The van der Waals surface area contributed by atoms with E-state index in [0.717, 1.165) is 23.5 Å². The standard InChI is InChI=1S/C19H21F2N3O5S2/c1-29-19(26)13-10-18(30-12-13)31(27,28)24-8-6-23(7-9-24)5-4-17(25)22-14-2-3-15(20)16(21)11-14/h2-3,10-12H,4-9H2,1H3,(H,22,25). The molecule has 1 aliphatic heterocycles. The second-order valence-electron chi connectivity index (χ2n) is 6.82. The molecule has 0 radical (unpaired) electrons. The molecule has 0 unspecified atom stereocenters. The number of rotatable bonds is 7. The number of amides is 1. The molecule has 1 aliphatic rings. The molecule has 0 bridgehead atoms. The Labute approximate surface area is 182 Å². The number of nitrogens with one attached hydrogen (secondary N) is 1. The van der Waals surface area contributed by atoms with Crippen LogP contribution in [0.25, 0.3) is 0 Å². The Morgan fingerprint density at radius 3 is 2.48 bits per heavy atom. The molecule has 3 rings (SSSR count). The summed E-state index contributed by atoms with van der Waals surface area (Å²) in [4.78, 5) is 25.5. The van der Waals surface area contributed by atoms with Gasteiger partial charge in [-0.1, -0.05) is 0 Å². The zero-order valence-electron chi connectivity index (χ0n) is 16.6. The van der Waals surface area contributed by atoms with Crippen molar-refractivity contribution in [1.82, 2.24) is 9.21 Å². The van der Waals surface area contributed by atoms with Crippen LogP contribution in [0.5, 0.6) is 0 Å². The Balaban J connectivity index is 1.48. The van der Waals surface area contributed by atoms with Gasteiger partial charge in [0.05, 0.1) is 12.7 Å². The monoisotopic (exact) mass is 473 g/mol. The van der Waals surface area contributed by atoms with Gasteiger partial charge in [0.15, 0.2) is 11.6 Å². The summed E-state index contributed by atoms with van der Waals surface area (Å²) in [5, 5.41) is 3.95. The number of nitrogens with zero attached hydrogens (tertiary/aromatic N) is 2. The van der Waals surface area contributed by atoms with Crippen molar-refractivity contribution in [2.45, 2.75) is 10.6 Å². The lowest BCUT2D eigenvalue weighted by Crippen LogP contribution is -2.48. The minimum Gasteiger partial charge on any atom is -0.465 e. The second kappa shape index (κ2) is 9.81. The van der Waals surface area contributed by atoms with Crippen LogP contribution in [0.4, 0.5) is 14.5 Å². The average Bonchev–Trinajstić information content (AvgIpc) is 3.26. The maximum absolute atomic E-state index is 13.2. The summed E-state index contributed by atoms with van der Waals surface area (Å²) >= 11 is 0.964. The maximum atomic E-state index is 13.2. The number of sulfonamides is 1. The molecule has 31 heavy (non-hydrogen) atoms. The van der Waals surface area contributed by atoms with E-state index in [1.54, 1.807) is 0 Å².